The number of hydrogen-bond acceptors (Lipinski definition) is 4. The lowest BCUT2D eigenvalue weighted by Gasteiger charge is -2.24. The van der Waals surface area contributed by atoms with Crippen molar-refractivity contribution in [2.45, 2.75) is 44.6 Å². The van der Waals surface area contributed by atoms with Gasteiger partial charge in [-0.2, -0.15) is 0 Å². The number of primary sulfonamides is 1. The van der Waals surface area contributed by atoms with Crippen LogP contribution in [0.2, 0.25) is 0 Å². The first-order valence-electron chi connectivity index (χ1n) is 7.77. The van der Waals surface area contributed by atoms with E-state index in [9.17, 15) is 18.0 Å². The highest BCUT2D eigenvalue weighted by Gasteiger charge is 2.14. The SMILES string of the molecule is CC(=O)N(CCC(=O)NCCc1ccc(S(N)(=O)=O)cc1)C(C)C. The van der Waals surface area contributed by atoms with Gasteiger partial charge in [0.2, 0.25) is 21.8 Å². The van der Waals surface area contributed by atoms with Crippen LogP contribution < -0.4 is 10.5 Å². The Balaban J connectivity index is 2.39. The number of benzene rings is 1. The van der Waals surface area contributed by atoms with Crippen LogP contribution in [0, 0.1) is 0 Å². The van der Waals surface area contributed by atoms with Gasteiger partial charge in [0.05, 0.1) is 4.90 Å². The summed E-state index contributed by atoms with van der Waals surface area (Å²) >= 11 is 0. The molecule has 3 N–H and O–H groups in total. The molecule has 0 fully saturated rings. The zero-order valence-electron chi connectivity index (χ0n) is 14.3. The van der Waals surface area contributed by atoms with Crippen molar-refractivity contribution in [3.8, 4) is 0 Å². The van der Waals surface area contributed by atoms with Gasteiger partial charge in [-0.1, -0.05) is 12.1 Å². The van der Waals surface area contributed by atoms with Crippen molar-refractivity contribution in [1.29, 1.82) is 0 Å². The second-order valence-corrected chi connectivity index (χ2v) is 7.41. The number of amides is 2. The Kier molecular flexibility index (Phi) is 7.37. The second-order valence-electron chi connectivity index (χ2n) is 5.85. The molecule has 1 rings (SSSR count). The van der Waals surface area contributed by atoms with Crippen LogP contribution in [0.5, 0.6) is 0 Å². The van der Waals surface area contributed by atoms with Crippen molar-refractivity contribution in [3.63, 3.8) is 0 Å². The first kappa shape index (κ1) is 20.1. The summed E-state index contributed by atoms with van der Waals surface area (Å²) in [6, 6.07) is 6.29. The number of carbonyl (C=O) groups excluding carboxylic acids is 2. The quantitative estimate of drug-likeness (QED) is 0.713. The minimum absolute atomic E-state index is 0.0484. The molecular formula is C16H25N3O4S. The first-order valence-corrected chi connectivity index (χ1v) is 9.31. The third-order valence-corrected chi connectivity index (χ3v) is 4.52. The van der Waals surface area contributed by atoms with Crippen molar-refractivity contribution in [2.24, 2.45) is 5.14 Å². The normalized spacial score (nSPS) is 11.4. The molecule has 0 saturated carbocycles. The third kappa shape index (κ3) is 6.67. The van der Waals surface area contributed by atoms with Gasteiger partial charge in [-0.25, -0.2) is 13.6 Å². The number of rotatable bonds is 8. The van der Waals surface area contributed by atoms with Crippen LogP contribution in [0.25, 0.3) is 0 Å². The molecule has 2 amide bonds. The van der Waals surface area contributed by atoms with Gasteiger partial charge in [0.1, 0.15) is 0 Å². The van der Waals surface area contributed by atoms with Crippen molar-refractivity contribution in [3.05, 3.63) is 29.8 Å². The molecule has 0 aliphatic rings. The Morgan fingerprint density at radius 3 is 2.25 bits per heavy atom. The molecule has 0 atom stereocenters. The Labute approximate surface area is 143 Å². The largest absolute Gasteiger partial charge is 0.356 e. The molecule has 0 spiro atoms. The monoisotopic (exact) mass is 355 g/mol. The van der Waals surface area contributed by atoms with E-state index in [4.69, 9.17) is 5.14 Å². The average Bonchev–Trinajstić information content (AvgIpc) is 2.46. The van der Waals surface area contributed by atoms with Gasteiger partial charge < -0.3 is 10.2 Å². The Morgan fingerprint density at radius 1 is 1.21 bits per heavy atom. The maximum atomic E-state index is 11.8. The van der Waals surface area contributed by atoms with E-state index < -0.39 is 10.0 Å². The predicted octanol–water partition coefficient (Wildman–Crippen LogP) is 0.640. The van der Waals surface area contributed by atoms with E-state index in [0.29, 0.717) is 19.5 Å². The number of nitrogens with two attached hydrogens (primary N) is 1. The summed E-state index contributed by atoms with van der Waals surface area (Å²) in [6.45, 7) is 6.13. The predicted molar refractivity (Wildman–Crippen MR) is 91.7 cm³/mol. The van der Waals surface area contributed by atoms with E-state index in [1.807, 2.05) is 13.8 Å². The van der Waals surface area contributed by atoms with E-state index in [1.54, 1.807) is 17.0 Å². The first-order chi connectivity index (χ1) is 11.1. The Morgan fingerprint density at radius 2 is 1.79 bits per heavy atom. The van der Waals surface area contributed by atoms with Gasteiger partial charge in [-0.3, -0.25) is 9.59 Å². The van der Waals surface area contributed by atoms with E-state index in [2.05, 4.69) is 5.32 Å². The van der Waals surface area contributed by atoms with Crippen LogP contribution in [-0.4, -0.2) is 44.3 Å². The molecule has 24 heavy (non-hydrogen) atoms. The lowest BCUT2D eigenvalue weighted by atomic mass is 10.1. The summed E-state index contributed by atoms with van der Waals surface area (Å²) in [7, 11) is -3.69. The fourth-order valence-electron chi connectivity index (χ4n) is 2.28. The number of hydrogen-bond donors (Lipinski definition) is 2. The summed E-state index contributed by atoms with van der Waals surface area (Å²) < 4.78 is 22.3. The third-order valence-electron chi connectivity index (χ3n) is 3.60. The molecule has 0 aromatic heterocycles. The standard InChI is InChI=1S/C16H25N3O4S/c1-12(2)19(13(3)20)11-9-16(21)18-10-8-14-4-6-15(7-5-14)24(17,22)23/h4-7,12H,8-11H2,1-3H3,(H,18,21)(H2,17,22,23). The minimum atomic E-state index is -3.69. The van der Waals surface area contributed by atoms with Crippen molar-refractivity contribution < 1.29 is 18.0 Å². The average molecular weight is 355 g/mol. The number of carbonyl (C=O) groups is 2. The molecule has 0 heterocycles. The van der Waals surface area contributed by atoms with Crippen LogP contribution in [0.4, 0.5) is 0 Å². The number of nitrogens with one attached hydrogen (secondary N) is 1. The molecule has 0 radical (unpaired) electrons. The van der Waals surface area contributed by atoms with E-state index in [1.165, 1.54) is 19.1 Å². The van der Waals surface area contributed by atoms with Gasteiger partial charge in [0, 0.05) is 32.5 Å². The highest BCUT2D eigenvalue weighted by Crippen LogP contribution is 2.09. The van der Waals surface area contributed by atoms with Crippen LogP contribution >= 0.6 is 0 Å². The zero-order valence-corrected chi connectivity index (χ0v) is 15.1. The van der Waals surface area contributed by atoms with Gasteiger partial charge in [-0.05, 0) is 38.0 Å². The molecule has 1 aromatic carbocycles. The van der Waals surface area contributed by atoms with Crippen LogP contribution in [0.1, 0.15) is 32.8 Å². The minimum Gasteiger partial charge on any atom is -0.356 e. The highest BCUT2D eigenvalue weighted by atomic mass is 32.2. The zero-order chi connectivity index (χ0) is 18.3. The van der Waals surface area contributed by atoms with Crippen molar-refractivity contribution in [1.82, 2.24) is 10.2 Å². The van der Waals surface area contributed by atoms with E-state index in [-0.39, 0.29) is 29.2 Å². The lowest BCUT2D eigenvalue weighted by Crippen LogP contribution is -2.38. The van der Waals surface area contributed by atoms with Crippen LogP contribution in [0.15, 0.2) is 29.2 Å². The summed E-state index contributed by atoms with van der Waals surface area (Å²) in [6.07, 6.45) is 0.833. The molecule has 0 aliphatic carbocycles. The van der Waals surface area contributed by atoms with Gasteiger partial charge in [-0.15, -0.1) is 0 Å². The summed E-state index contributed by atoms with van der Waals surface area (Å²) in [5.74, 6) is -0.171. The highest BCUT2D eigenvalue weighted by molar-refractivity contribution is 7.89. The second kappa shape index (κ2) is 8.79. The topological polar surface area (TPSA) is 110 Å². The molecule has 7 nitrogen and oxygen atoms in total. The molecule has 0 saturated heterocycles. The maximum absolute atomic E-state index is 11.8. The Bertz CT molecular complexity index is 669. The van der Waals surface area contributed by atoms with Crippen molar-refractivity contribution in [2.75, 3.05) is 13.1 Å². The molecule has 134 valence electrons. The molecule has 8 heteroatoms. The fourth-order valence-corrected chi connectivity index (χ4v) is 2.80. The van der Waals surface area contributed by atoms with Gasteiger partial charge in [0.15, 0.2) is 0 Å². The summed E-state index contributed by atoms with van der Waals surface area (Å²) in [5.41, 5.74) is 0.898. The van der Waals surface area contributed by atoms with E-state index >= 15 is 0 Å². The number of sulfonamides is 1. The number of nitrogens with zero attached hydrogens (tertiary/aromatic N) is 1. The Hall–Kier alpha value is -1.93. The molecular weight excluding hydrogens is 330 g/mol. The van der Waals surface area contributed by atoms with E-state index in [0.717, 1.165) is 5.56 Å². The summed E-state index contributed by atoms with van der Waals surface area (Å²) in [5, 5.41) is 7.82. The van der Waals surface area contributed by atoms with Crippen LogP contribution in [-0.2, 0) is 26.0 Å². The molecule has 0 aliphatic heterocycles. The van der Waals surface area contributed by atoms with Gasteiger partial charge in [0.25, 0.3) is 0 Å². The summed E-state index contributed by atoms with van der Waals surface area (Å²) in [4.78, 5) is 25.0. The smallest absolute Gasteiger partial charge is 0.238 e. The molecule has 1 aromatic rings. The van der Waals surface area contributed by atoms with Crippen molar-refractivity contribution >= 4 is 21.8 Å². The lowest BCUT2D eigenvalue weighted by molar-refractivity contribution is -0.131. The molecule has 0 bridgehead atoms. The maximum Gasteiger partial charge on any atom is 0.238 e. The van der Waals surface area contributed by atoms with Crippen LogP contribution in [0.3, 0.4) is 0 Å². The molecule has 0 unspecified atom stereocenters. The fraction of sp³-hybridized carbons (Fsp3) is 0.500. The van der Waals surface area contributed by atoms with Gasteiger partial charge >= 0.3 is 0 Å².